The van der Waals surface area contributed by atoms with E-state index in [0.717, 1.165) is 0 Å². The minimum absolute atomic E-state index is 0.0320. The molecule has 0 aliphatic carbocycles. The number of nitriles is 1. The number of carbonyl (C=O) groups is 1. The Morgan fingerprint density at radius 3 is 3.00 bits per heavy atom. The van der Waals surface area contributed by atoms with E-state index < -0.39 is 0 Å². The zero-order valence-electron chi connectivity index (χ0n) is 5.68. The van der Waals surface area contributed by atoms with Crippen LogP contribution in [0.25, 0.3) is 0 Å². The molecule has 0 aromatic carbocycles. The highest BCUT2D eigenvalue weighted by molar-refractivity contribution is 5.77. The number of hydroxylamine groups is 1. The molecule has 0 fully saturated rings. The Bertz CT molecular complexity index is 140. The van der Waals surface area contributed by atoms with Gasteiger partial charge in [-0.2, -0.15) is 10.7 Å². The minimum atomic E-state index is -0.261. The Labute approximate surface area is 58.9 Å². The summed E-state index contributed by atoms with van der Waals surface area (Å²) < 4.78 is 0. The highest BCUT2D eigenvalue weighted by Gasteiger charge is 1.96. The van der Waals surface area contributed by atoms with Gasteiger partial charge in [0.15, 0.2) is 0 Å². The van der Waals surface area contributed by atoms with Crippen LogP contribution in [-0.4, -0.2) is 26.1 Å². The second kappa shape index (κ2) is 6.01. The van der Waals surface area contributed by atoms with Gasteiger partial charge in [-0.1, -0.05) is 0 Å². The summed E-state index contributed by atoms with van der Waals surface area (Å²) in [6.45, 7) is 0.0996. The first-order valence-corrected chi connectivity index (χ1v) is 2.70. The zero-order valence-corrected chi connectivity index (χ0v) is 5.68. The molecule has 1 amide bonds. The highest BCUT2D eigenvalue weighted by Crippen LogP contribution is 1.62. The third kappa shape index (κ3) is 5.03. The maximum atomic E-state index is 10.6. The van der Waals surface area contributed by atoms with Crippen molar-refractivity contribution in [3.63, 3.8) is 0 Å². The smallest absolute Gasteiger partial charge is 0.237 e. The number of amides is 1. The van der Waals surface area contributed by atoms with Crippen LogP contribution in [0.4, 0.5) is 0 Å². The van der Waals surface area contributed by atoms with Crippen LogP contribution in [0.3, 0.4) is 0 Å². The molecule has 0 bridgehead atoms. The highest BCUT2D eigenvalue weighted by atomic mass is 16.6. The molecule has 0 rings (SSSR count). The molecule has 0 aromatic heterocycles. The van der Waals surface area contributed by atoms with E-state index in [2.05, 4.69) is 15.6 Å². The molecule has 56 valence electrons. The van der Waals surface area contributed by atoms with E-state index in [1.54, 1.807) is 6.07 Å². The molecule has 10 heavy (non-hydrogen) atoms. The third-order valence-corrected chi connectivity index (χ3v) is 0.742. The van der Waals surface area contributed by atoms with E-state index in [0.29, 0.717) is 0 Å². The first kappa shape index (κ1) is 8.88. The lowest BCUT2D eigenvalue weighted by atomic mass is 10.6. The summed E-state index contributed by atoms with van der Waals surface area (Å²) in [5, 5.41) is 10.3. The molecule has 0 saturated heterocycles. The molecule has 0 spiro atoms. The molecular weight excluding hydrogens is 134 g/mol. The van der Waals surface area contributed by atoms with Crippen LogP contribution in [-0.2, 0) is 9.63 Å². The van der Waals surface area contributed by atoms with E-state index in [4.69, 9.17) is 5.26 Å². The Morgan fingerprint density at radius 1 is 1.80 bits per heavy atom. The molecule has 5 heteroatoms. The number of rotatable bonds is 4. The van der Waals surface area contributed by atoms with Crippen LogP contribution in [0.2, 0.25) is 0 Å². The van der Waals surface area contributed by atoms with Crippen molar-refractivity contribution in [1.82, 2.24) is 10.8 Å². The van der Waals surface area contributed by atoms with Crippen LogP contribution >= 0.6 is 0 Å². The van der Waals surface area contributed by atoms with Crippen LogP contribution in [0.5, 0.6) is 0 Å². The second-order valence-corrected chi connectivity index (χ2v) is 1.46. The molecule has 0 atom stereocenters. The number of nitrogens with one attached hydrogen (secondary N) is 2. The summed E-state index contributed by atoms with van der Waals surface area (Å²) in [4.78, 5) is 15.0. The molecule has 5 nitrogen and oxygen atoms in total. The Kier molecular flexibility index (Phi) is 5.33. The number of carbonyl (C=O) groups excluding carboxylic acids is 1. The van der Waals surface area contributed by atoms with Crippen molar-refractivity contribution in [2.24, 2.45) is 0 Å². The first-order chi connectivity index (χ1) is 4.81. The maximum Gasteiger partial charge on any atom is 0.237 e. The van der Waals surface area contributed by atoms with Gasteiger partial charge in [0.05, 0.1) is 19.7 Å². The lowest BCUT2D eigenvalue weighted by molar-refractivity contribution is -0.122. The van der Waals surface area contributed by atoms with Crippen molar-refractivity contribution >= 4 is 5.91 Å². The molecule has 0 radical (unpaired) electrons. The van der Waals surface area contributed by atoms with Gasteiger partial charge in [-0.25, -0.2) is 0 Å². The summed E-state index contributed by atoms with van der Waals surface area (Å²) in [6.07, 6.45) is 0. The number of hydrogen-bond donors (Lipinski definition) is 2. The minimum Gasteiger partial charge on any atom is -0.342 e. The van der Waals surface area contributed by atoms with E-state index in [1.807, 2.05) is 0 Å². The first-order valence-electron chi connectivity index (χ1n) is 2.70. The van der Waals surface area contributed by atoms with Gasteiger partial charge in [-0.15, -0.1) is 0 Å². The van der Waals surface area contributed by atoms with Gasteiger partial charge in [0.2, 0.25) is 5.91 Å². The van der Waals surface area contributed by atoms with Crippen molar-refractivity contribution in [3.05, 3.63) is 0 Å². The molecule has 0 aliphatic rings. The van der Waals surface area contributed by atoms with Gasteiger partial charge in [-0.05, 0) is 0 Å². The predicted octanol–water partition coefficient (Wildman–Crippen LogP) is -1.22. The van der Waals surface area contributed by atoms with E-state index in [9.17, 15) is 4.79 Å². The van der Waals surface area contributed by atoms with Crippen molar-refractivity contribution in [2.45, 2.75) is 0 Å². The fourth-order valence-electron chi connectivity index (χ4n) is 0.338. The van der Waals surface area contributed by atoms with Crippen LogP contribution in [0.15, 0.2) is 0 Å². The molecule has 0 aromatic rings. The average molecular weight is 143 g/mol. The quantitative estimate of drug-likeness (QED) is 0.382. The van der Waals surface area contributed by atoms with E-state index in [1.165, 1.54) is 7.11 Å². The summed E-state index contributed by atoms with van der Waals surface area (Å²) in [5.74, 6) is -0.261. The van der Waals surface area contributed by atoms with Gasteiger partial charge in [0.25, 0.3) is 0 Å². The van der Waals surface area contributed by atoms with E-state index in [-0.39, 0.29) is 19.0 Å². The van der Waals surface area contributed by atoms with Gasteiger partial charge in [-0.3, -0.25) is 4.79 Å². The molecule has 0 heterocycles. The predicted molar refractivity (Wildman–Crippen MR) is 33.6 cm³/mol. The van der Waals surface area contributed by atoms with E-state index >= 15 is 0 Å². The van der Waals surface area contributed by atoms with Crippen molar-refractivity contribution in [2.75, 3.05) is 20.2 Å². The molecule has 0 unspecified atom stereocenters. The van der Waals surface area contributed by atoms with Crippen LogP contribution in [0.1, 0.15) is 0 Å². The SMILES string of the molecule is CONCC(=O)NCC#N. The Morgan fingerprint density at radius 2 is 2.50 bits per heavy atom. The van der Waals surface area contributed by atoms with Crippen molar-refractivity contribution in [3.8, 4) is 6.07 Å². The van der Waals surface area contributed by atoms with Gasteiger partial charge in [0, 0.05) is 0 Å². The van der Waals surface area contributed by atoms with Gasteiger partial charge >= 0.3 is 0 Å². The fourth-order valence-corrected chi connectivity index (χ4v) is 0.338. The molecule has 0 saturated carbocycles. The van der Waals surface area contributed by atoms with Crippen molar-refractivity contribution < 1.29 is 9.63 Å². The largest absolute Gasteiger partial charge is 0.342 e. The molecule has 0 aliphatic heterocycles. The second-order valence-electron chi connectivity index (χ2n) is 1.46. The summed E-state index contributed by atoms with van der Waals surface area (Å²) in [7, 11) is 1.41. The lowest BCUT2D eigenvalue weighted by Gasteiger charge is -1.99. The Balaban J connectivity index is 3.19. The Hall–Kier alpha value is -1.12. The summed E-state index contributed by atoms with van der Waals surface area (Å²) in [6, 6.07) is 1.77. The third-order valence-electron chi connectivity index (χ3n) is 0.742. The van der Waals surface area contributed by atoms with Gasteiger partial charge in [0.1, 0.15) is 6.54 Å². The average Bonchev–Trinajstić information content (AvgIpc) is 1.97. The zero-order chi connectivity index (χ0) is 7.82. The standard InChI is InChI=1S/C5H9N3O2/c1-10-8-4-5(9)7-3-2-6/h8H,3-4H2,1H3,(H,7,9). The van der Waals surface area contributed by atoms with Crippen LogP contribution in [0, 0.1) is 11.3 Å². The fraction of sp³-hybridized carbons (Fsp3) is 0.600. The van der Waals surface area contributed by atoms with Crippen LogP contribution < -0.4 is 10.8 Å². The normalized spacial score (nSPS) is 8.40. The maximum absolute atomic E-state index is 10.6. The number of hydrogen-bond acceptors (Lipinski definition) is 4. The summed E-state index contributed by atoms with van der Waals surface area (Å²) in [5.41, 5.74) is 2.34. The number of nitrogens with zero attached hydrogens (tertiary/aromatic N) is 1. The topological polar surface area (TPSA) is 74.2 Å². The molecule has 2 N–H and O–H groups in total. The summed E-state index contributed by atoms with van der Waals surface area (Å²) >= 11 is 0. The van der Waals surface area contributed by atoms with Gasteiger partial charge < -0.3 is 10.2 Å². The monoisotopic (exact) mass is 143 g/mol. The lowest BCUT2D eigenvalue weighted by Crippen LogP contribution is -2.33. The van der Waals surface area contributed by atoms with Crippen molar-refractivity contribution in [1.29, 1.82) is 5.26 Å². The molecular formula is C5H9N3O2.